The maximum atomic E-state index is 9.54. The van der Waals surface area contributed by atoms with Gasteiger partial charge in [0.1, 0.15) is 5.58 Å². The van der Waals surface area contributed by atoms with Crippen LogP contribution in [-0.4, -0.2) is 34.9 Å². The van der Waals surface area contributed by atoms with Crippen LogP contribution in [0.25, 0.3) is 16.7 Å². The monoisotopic (exact) mass is 272 g/mol. The van der Waals surface area contributed by atoms with E-state index in [1.54, 1.807) is 18.0 Å². The van der Waals surface area contributed by atoms with Gasteiger partial charge in [-0.25, -0.2) is 0 Å². The van der Waals surface area contributed by atoms with Crippen molar-refractivity contribution in [1.29, 1.82) is 0 Å². The Bertz CT molecular complexity index is 717. The fourth-order valence-electron chi connectivity index (χ4n) is 2.56. The normalized spacial score (nSPS) is 18.4. The Hall–Kier alpha value is -1.72. The zero-order valence-electron chi connectivity index (χ0n) is 10.2. The molecule has 0 radical (unpaired) electrons. The Morgan fingerprint density at radius 2 is 2.32 bits per heavy atom. The van der Waals surface area contributed by atoms with Gasteiger partial charge in [-0.1, -0.05) is 23.9 Å². The molecule has 2 aliphatic heterocycles. The standard InChI is InChI=1S/C14H12N2O2S/c17-8-12-13(16-5-4-15-14(16)19-12)10-2-1-9-3-6-18-11(9)7-10/h1-3,6-7,17H,4-5,8H2. The van der Waals surface area contributed by atoms with E-state index >= 15 is 0 Å². The third-order valence-electron chi connectivity index (χ3n) is 3.42. The van der Waals surface area contributed by atoms with Crippen LogP contribution in [0.4, 0.5) is 0 Å². The minimum Gasteiger partial charge on any atom is -0.464 e. The highest BCUT2D eigenvalue weighted by molar-refractivity contribution is 8.17. The molecule has 4 rings (SSSR count). The number of fused-ring (bicyclic) bond motifs is 2. The summed E-state index contributed by atoms with van der Waals surface area (Å²) in [4.78, 5) is 7.60. The molecule has 0 unspecified atom stereocenters. The lowest BCUT2D eigenvalue weighted by atomic mass is 10.1. The molecule has 19 heavy (non-hydrogen) atoms. The van der Waals surface area contributed by atoms with Gasteiger partial charge in [-0.15, -0.1) is 0 Å². The zero-order valence-corrected chi connectivity index (χ0v) is 11.0. The van der Waals surface area contributed by atoms with E-state index in [2.05, 4.69) is 16.0 Å². The summed E-state index contributed by atoms with van der Waals surface area (Å²) in [5, 5.41) is 11.6. The van der Waals surface area contributed by atoms with Crippen LogP contribution < -0.4 is 0 Å². The molecule has 3 heterocycles. The largest absolute Gasteiger partial charge is 0.464 e. The molecule has 1 aromatic carbocycles. The van der Waals surface area contributed by atoms with Gasteiger partial charge < -0.3 is 14.4 Å². The summed E-state index contributed by atoms with van der Waals surface area (Å²) in [7, 11) is 0. The third kappa shape index (κ3) is 1.62. The van der Waals surface area contributed by atoms with Crippen LogP contribution >= 0.6 is 11.8 Å². The van der Waals surface area contributed by atoms with E-state index in [4.69, 9.17) is 4.42 Å². The zero-order chi connectivity index (χ0) is 12.8. The van der Waals surface area contributed by atoms with Gasteiger partial charge in [0.05, 0.1) is 25.1 Å². The van der Waals surface area contributed by atoms with Crippen LogP contribution in [0.15, 0.2) is 44.8 Å². The molecule has 5 heteroatoms. The molecule has 0 saturated carbocycles. The van der Waals surface area contributed by atoms with E-state index in [-0.39, 0.29) is 6.61 Å². The van der Waals surface area contributed by atoms with Crippen molar-refractivity contribution < 1.29 is 9.52 Å². The second kappa shape index (κ2) is 4.15. The first-order chi connectivity index (χ1) is 9.36. The van der Waals surface area contributed by atoms with Crippen molar-refractivity contribution in [3.8, 4) is 0 Å². The number of aliphatic hydroxyl groups is 1. The number of aliphatic hydroxyl groups excluding tert-OH is 1. The van der Waals surface area contributed by atoms with Crippen molar-refractivity contribution in [2.24, 2.45) is 4.99 Å². The average Bonchev–Trinajstić information content (AvgIpc) is 3.11. The minimum atomic E-state index is 0.0473. The lowest BCUT2D eigenvalue weighted by molar-refractivity contribution is 0.339. The lowest BCUT2D eigenvalue weighted by Crippen LogP contribution is -2.20. The first kappa shape index (κ1) is 11.1. The van der Waals surface area contributed by atoms with Crippen molar-refractivity contribution in [2.45, 2.75) is 0 Å². The molecule has 96 valence electrons. The molecular formula is C14H12N2O2S. The minimum absolute atomic E-state index is 0.0473. The molecule has 0 spiro atoms. The molecule has 0 amide bonds. The van der Waals surface area contributed by atoms with Gasteiger partial charge in [0.25, 0.3) is 0 Å². The highest BCUT2D eigenvalue weighted by Crippen LogP contribution is 2.41. The van der Waals surface area contributed by atoms with Gasteiger partial charge in [-0.05, 0) is 12.1 Å². The van der Waals surface area contributed by atoms with Gasteiger partial charge in [-0.2, -0.15) is 0 Å². The number of nitrogens with zero attached hydrogens (tertiary/aromatic N) is 2. The molecule has 0 bridgehead atoms. The van der Waals surface area contributed by atoms with Gasteiger partial charge in [0, 0.05) is 22.4 Å². The lowest BCUT2D eigenvalue weighted by Gasteiger charge is -2.17. The van der Waals surface area contributed by atoms with Gasteiger partial charge >= 0.3 is 0 Å². The van der Waals surface area contributed by atoms with Crippen LogP contribution in [0, 0.1) is 0 Å². The predicted molar refractivity (Wildman–Crippen MR) is 76.8 cm³/mol. The number of thioether (sulfide) groups is 1. The molecule has 1 N–H and O–H groups in total. The van der Waals surface area contributed by atoms with Crippen LogP contribution in [0.1, 0.15) is 5.56 Å². The van der Waals surface area contributed by atoms with Crippen LogP contribution in [0.3, 0.4) is 0 Å². The Morgan fingerprint density at radius 1 is 1.37 bits per heavy atom. The number of hydrogen-bond acceptors (Lipinski definition) is 5. The number of amidine groups is 1. The van der Waals surface area contributed by atoms with Crippen molar-refractivity contribution in [3.63, 3.8) is 0 Å². The Kier molecular flexibility index (Phi) is 2.43. The average molecular weight is 272 g/mol. The number of furan rings is 1. The van der Waals surface area contributed by atoms with Crippen LogP contribution in [0.5, 0.6) is 0 Å². The van der Waals surface area contributed by atoms with Crippen molar-refractivity contribution in [3.05, 3.63) is 41.0 Å². The van der Waals surface area contributed by atoms with Gasteiger partial charge in [0.2, 0.25) is 0 Å². The van der Waals surface area contributed by atoms with Crippen molar-refractivity contribution in [1.82, 2.24) is 4.90 Å². The molecule has 0 fully saturated rings. The maximum absolute atomic E-state index is 9.54. The van der Waals surface area contributed by atoms with E-state index in [1.807, 2.05) is 18.2 Å². The summed E-state index contributed by atoms with van der Waals surface area (Å²) in [6.45, 7) is 1.76. The van der Waals surface area contributed by atoms with Gasteiger partial charge in [0.15, 0.2) is 5.17 Å². The summed E-state index contributed by atoms with van der Waals surface area (Å²) in [6, 6.07) is 8.10. The first-order valence-electron chi connectivity index (χ1n) is 6.18. The Morgan fingerprint density at radius 3 is 3.21 bits per heavy atom. The fraction of sp³-hybridized carbons (Fsp3) is 0.214. The topological polar surface area (TPSA) is 49.0 Å². The highest BCUT2D eigenvalue weighted by Gasteiger charge is 2.32. The smallest absolute Gasteiger partial charge is 0.168 e. The number of benzene rings is 1. The van der Waals surface area contributed by atoms with E-state index in [0.29, 0.717) is 0 Å². The molecular weight excluding hydrogens is 260 g/mol. The molecule has 1 aromatic heterocycles. The second-order valence-corrected chi connectivity index (χ2v) is 5.58. The molecule has 4 nitrogen and oxygen atoms in total. The SMILES string of the molecule is OCC1=C(c2ccc3ccoc3c2)N2CCN=C2S1. The molecule has 2 aromatic rings. The van der Waals surface area contributed by atoms with Crippen LogP contribution in [0.2, 0.25) is 0 Å². The fourth-order valence-corrected chi connectivity index (χ4v) is 3.61. The van der Waals surface area contributed by atoms with Crippen molar-refractivity contribution >= 4 is 33.6 Å². The second-order valence-electron chi connectivity index (χ2n) is 4.52. The highest BCUT2D eigenvalue weighted by atomic mass is 32.2. The quantitative estimate of drug-likeness (QED) is 0.912. The molecule has 0 aliphatic carbocycles. The van der Waals surface area contributed by atoms with E-state index in [0.717, 1.165) is 45.4 Å². The summed E-state index contributed by atoms with van der Waals surface area (Å²) in [5.74, 6) is 0. The summed E-state index contributed by atoms with van der Waals surface area (Å²) in [6.07, 6.45) is 1.70. The first-order valence-corrected chi connectivity index (χ1v) is 7.00. The summed E-state index contributed by atoms with van der Waals surface area (Å²) >= 11 is 1.57. The molecule has 0 atom stereocenters. The van der Waals surface area contributed by atoms with E-state index < -0.39 is 0 Å². The number of hydrogen-bond donors (Lipinski definition) is 1. The number of rotatable bonds is 2. The summed E-state index contributed by atoms with van der Waals surface area (Å²) < 4.78 is 5.46. The van der Waals surface area contributed by atoms with E-state index in [1.165, 1.54) is 0 Å². The predicted octanol–water partition coefficient (Wildman–Crippen LogP) is 2.51. The van der Waals surface area contributed by atoms with E-state index in [9.17, 15) is 5.11 Å². The maximum Gasteiger partial charge on any atom is 0.168 e. The molecule has 0 saturated heterocycles. The Balaban J connectivity index is 1.86. The summed E-state index contributed by atoms with van der Waals surface area (Å²) in [5.41, 5.74) is 3.02. The van der Waals surface area contributed by atoms with Crippen LogP contribution in [-0.2, 0) is 0 Å². The molecule has 2 aliphatic rings. The van der Waals surface area contributed by atoms with Gasteiger partial charge in [-0.3, -0.25) is 4.99 Å². The Labute approximate surface area is 114 Å². The third-order valence-corrected chi connectivity index (χ3v) is 4.52. The van der Waals surface area contributed by atoms with Crippen molar-refractivity contribution in [2.75, 3.05) is 19.7 Å². The number of aliphatic imine (C=N–C) groups is 1.